The summed E-state index contributed by atoms with van der Waals surface area (Å²) in [7, 11) is 0. The van der Waals surface area contributed by atoms with E-state index in [4.69, 9.17) is 0 Å². The number of fused-ring (bicyclic) bond motifs is 4. The maximum Gasteiger partial charge on any atom is 0.325 e. The highest BCUT2D eigenvalue weighted by Gasteiger charge is 2.36. The van der Waals surface area contributed by atoms with Crippen molar-refractivity contribution in [3.8, 4) is 0 Å². The predicted molar refractivity (Wildman–Crippen MR) is 106 cm³/mol. The van der Waals surface area contributed by atoms with Crippen molar-refractivity contribution in [2.45, 2.75) is 38.8 Å². The number of hydrogen-bond acceptors (Lipinski definition) is 4. The summed E-state index contributed by atoms with van der Waals surface area (Å²) in [5, 5.41) is 0. The van der Waals surface area contributed by atoms with Crippen LogP contribution in [-0.2, 0) is 17.8 Å². The van der Waals surface area contributed by atoms with E-state index in [2.05, 4.69) is 39.1 Å². The van der Waals surface area contributed by atoms with Gasteiger partial charge in [0.15, 0.2) is 0 Å². The first-order chi connectivity index (χ1) is 13.5. The van der Waals surface area contributed by atoms with E-state index in [1.807, 2.05) is 11.0 Å². The molecule has 3 aliphatic rings. The zero-order valence-electron chi connectivity index (χ0n) is 16.1. The second-order valence-corrected chi connectivity index (χ2v) is 8.00. The number of aromatic nitrogens is 2. The highest BCUT2D eigenvalue weighted by atomic mass is 16.2. The number of benzene rings is 1. The Hall–Kier alpha value is -2.67. The van der Waals surface area contributed by atoms with Crippen LogP contribution in [0.25, 0.3) is 0 Å². The molecule has 1 aromatic carbocycles. The van der Waals surface area contributed by atoms with E-state index in [1.165, 1.54) is 5.56 Å². The Morgan fingerprint density at radius 3 is 2.61 bits per heavy atom. The van der Waals surface area contributed by atoms with Crippen LogP contribution < -0.4 is 11.2 Å². The molecule has 4 heterocycles. The Morgan fingerprint density at radius 1 is 1.07 bits per heavy atom. The second kappa shape index (κ2) is 7.75. The maximum atomic E-state index is 13.0. The molecule has 28 heavy (non-hydrogen) atoms. The summed E-state index contributed by atoms with van der Waals surface area (Å²) in [6.07, 6.45) is 2.26. The number of H-pyrrole nitrogens is 2. The van der Waals surface area contributed by atoms with Crippen molar-refractivity contribution in [1.29, 1.82) is 0 Å². The van der Waals surface area contributed by atoms with Crippen LogP contribution in [0.4, 0.5) is 0 Å². The molecular weight excluding hydrogens is 356 g/mol. The molecule has 0 unspecified atom stereocenters. The van der Waals surface area contributed by atoms with Crippen LogP contribution in [-0.4, -0.2) is 51.4 Å². The third-order valence-electron chi connectivity index (χ3n) is 5.99. The first kappa shape index (κ1) is 18.7. The summed E-state index contributed by atoms with van der Waals surface area (Å²) < 4.78 is 0. The standard InChI is InChI=1S/C21H26N4O3/c1-14-18(20(27)23-21(28)22-14)9-19(26)25-12-16-7-8-17(13-25)24(11-16)10-15-5-3-2-4-6-15/h2-6,16-17H,7-13H2,1H3,(H2,22,23,27,28)/t16-,17-/m1/s1. The van der Waals surface area contributed by atoms with Crippen molar-refractivity contribution in [1.82, 2.24) is 19.8 Å². The number of aromatic amines is 2. The number of hydrogen-bond donors (Lipinski definition) is 2. The van der Waals surface area contributed by atoms with Gasteiger partial charge in [-0.2, -0.15) is 0 Å². The smallest absolute Gasteiger partial charge is 0.325 e. The molecular formula is C21H26N4O3. The minimum Gasteiger partial charge on any atom is -0.341 e. The maximum absolute atomic E-state index is 13.0. The van der Waals surface area contributed by atoms with Gasteiger partial charge in [-0.1, -0.05) is 30.3 Å². The molecule has 0 saturated carbocycles. The van der Waals surface area contributed by atoms with E-state index >= 15 is 0 Å². The van der Waals surface area contributed by atoms with Crippen LogP contribution in [0.3, 0.4) is 0 Å². The number of carbonyl (C=O) groups is 1. The Morgan fingerprint density at radius 2 is 1.86 bits per heavy atom. The average molecular weight is 382 g/mol. The van der Waals surface area contributed by atoms with E-state index in [1.54, 1.807) is 6.92 Å². The topological polar surface area (TPSA) is 89.3 Å². The third-order valence-corrected chi connectivity index (χ3v) is 5.99. The minimum absolute atomic E-state index is 0.0239. The lowest BCUT2D eigenvalue weighted by Crippen LogP contribution is -2.44. The number of nitrogens with zero attached hydrogens (tertiary/aromatic N) is 2. The molecule has 3 aliphatic heterocycles. The van der Waals surface area contributed by atoms with Gasteiger partial charge in [-0.15, -0.1) is 0 Å². The molecule has 2 N–H and O–H groups in total. The molecule has 0 radical (unpaired) electrons. The van der Waals surface area contributed by atoms with Crippen LogP contribution in [0.15, 0.2) is 39.9 Å². The number of amides is 1. The van der Waals surface area contributed by atoms with Gasteiger partial charge in [0.1, 0.15) is 0 Å². The van der Waals surface area contributed by atoms with E-state index in [-0.39, 0.29) is 12.3 Å². The van der Waals surface area contributed by atoms with Crippen molar-refractivity contribution in [2.24, 2.45) is 5.92 Å². The monoisotopic (exact) mass is 382 g/mol. The van der Waals surface area contributed by atoms with E-state index < -0.39 is 11.2 Å². The quantitative estimate of drug-likeness (QED) is 0.827. The Kier molecular flexibility index (Phi) is 5.17. The van der Waals surface area contributed by atoms with Gasteiger partial charge in [0, 0.05) is 43.5 Å². The Labute approximate surface area is 163 Å². The number of aryl methyl sites for hydroxylation is 1. The zero-order valence-corrected chi connectivity index (χ0v) is 16.1. The van der Waals surface area contributed by atoms with Crippen molar-refractivity contribution in [3.63, 3.8) is 0 Å². The first-order valence-electron chi connectivity index (χ1n) is 9.87. The van der Waals surface area contributed by atoms with Gasteiger partial charge in [0.25, 0.3) is 5.56 Å². The highest BCUT2D eigenvalue weighted by Crippen LogP contribution is 2.29. The lowest BCUT2D eigenvalue weighted by molar-refractivity contribution is -0.130. The zero-order chi connectivity index (χ0) is 19.7. The molecule has 2 aromatic rings. The van der Waals surface area contributed by atoms with Gasteiger partial charge < -0.3 is 9.88 Å². The fraction of sp³-hybridized carbons (Fsp3) is 0.476. The van der Waals surface area contributed by atoms with Gasteiger partial charge in [0.05, 0.1) is 6.42 Å². The van der Waals surface area contributed by atoms with Crippen molar-refractivity contribution in [2.75, 3.05) is 19.6 Å². The molecule has 1 amide bonds. The SMILES string of the molecule is Cc1[nH]c(=O)[nH]c(=O)c1CC(=O)N1C[C@@H]2CC[C@H](C1)N(Cc1ccccc1)C2. The highest BCUT2D eigenvalue weighted by molar-refractivity contribution is 5.79. The molecule has 7 heteroatoms. The molecule has 1 aromatic heterocycles. The third kappa shape index (κ3) is 3.94. The van der Waals surface area contributed by atoms with E-state index in [0.29, 0.717) is 29.8 Å². The molecule has 3 fully saturated rings. The number of nitrogens with one attached hydrogen (secondary N) is 2. The number of carbonyl (C=O) groups excluding carboxylic acids is 1. The summed E-state index contributed by atoms with van der Waals surface area (Å²) in [6.45, 7) is 5.00. The molecule has 0 spiro atoms. The molecule has 7 nitrogen and oxygen atoms in total. The van der Waals surface area contributed by atoms with Gasteiger partial charge >= 0.3 is 5.69 Å². The molecule has 148 valence electrons. The summed E-state index contributed by atoms with van der Waals surface area (Å²) in [6, 6.07) is 10.8. The fourth-order valence-corrected chi connectivity index (χ4v) is 4.50. The van der Waals surface area contributed by atoms with Crippen molar-refractivity contribution >= 4 is 5.91 Å². The van der Waals surface area contributed by atoms with Crippen LogP contribution in [0.2, 0.25) is 0 Å². The summed E-state index contributed by atoms with van der Waals surface area (Å²) >= 11 is 0. The van der Waals surface area contributed by atoms with Crippen molar-refractivity contribution in [3.05, 3.63) is 68.0 Å². The van der Waals surface area contributed by atoms with E-state index in [9.17, 15) is 14.4 Å². The molecule has 5 rings (SSSR count). The molecule has 3 saturated heterocycles. The van der Waals surface area contributed by atoms with Gasteiger partial charge in [-0.25, -0.2) is 4.79 Å². The predicted octanol–water partition coefficient (Wildman–Crippen LogP) is 1.04. The second-order valence-electron chi connectivity index (χ2n) is 8.00. The van der Waals surface area contributed by atoms with E-state index in [0.717, 1.165) is 32.5 Å². The normalized spacial score (nSPS) is 22.2. The molecule has 2 atom stereocenters. The molecule has 2 bridgehead atoms. The van der Waals surface area contributed by atoms with Gasteiger partial charge in [-0.05, 0) is 31.2 Å². The number of rotatable bonds is 4. The van der Waals surface area contributed by atoms with Crippen LogP contribution in [0.5, 0.6) is 0 Å². The van der Waals surface area contributed by atoms with Crippen LogP contribution in [0.1, 0.15) is 29.7 Å². The largest absolute Gasteiger partial charge is 0.341 e. The Bertz CT molecular complexity index is 966. The van der Waals surface area contributed by atoms with Crippen LogP contribution in [0, 0.1) is 12.8 Å². The van der Waals surface area contributed by atoms with Crippen molar-refractivity contribution < 1.29 is 4.79 Å². The van der Waals surface area contributed by atoms with Gasteiger partial charge in [-0.3, -0.25) is 19.5 Å². The summed E-state index contributed by atoms with van der Waals surface area (Å²) in [5.41, 5.74) is 1.09. The van der Waals surface area contributed by atoms with Crippen LogP contribution >= 0.6 is 0 Å². The lowest BCUT2D eigenvalue weighted by Gasteiger charge is -2.36. The van der Waals surface area contributed by atoms with Gasteiger partial charge in [0.2, 0.25) is 5.91 Å². The Balaban J connectivity index is 1.48. The fourth-order valence-electron chi connectivity index (χ4n) is 4.50. The average Bonchev–Trinajstić information content (AvgIpc) is 2.97. The number of piperidine rings is 1. The summed E-state index contributed by atoms with van der Waals surface area (Å²) in [4.78, 5) is 45.6. The summed E-state index contributed by atoms with van der Waals surface area (Å²) in [5.74, 6) is 0.417. The molecule has 0 aliphatic carbocycles. The lowest BCUT2D eigenvalue weighted by atomic mass is 9.94. The minimum atomic E-state index is -0.539. The first-order valence-corrected chi connectivity index (χ1v) is 9.87.